The van der Waals surface area contributed by atoms with Crippen molar-refractivity contribution in [1.82, 2.24) is 4.31 Å². The normalized spacial score (nSPS) is 11.4. The molecular weight excluding hydrogens is 364 g/mol. The number of nitrogens with zero attached hydrogens (tertiary/aromatic N) is 1. The maximum atomic E-state index is 12.1. The lowest BCUT2D eigenvalue weighted by Crippen LogP contribution is -2.23. The molecule has 0 aliphatic carbocycles. The van der Waals surface area contributed by atoms with E-state index in [1.165, 1.54) is 43.6 Å². The minimum absolute atomic E-state index is 0.0568. The molecule has 0 aliphatic heterocycles. The van der Waals surface area contributed by atoms with E-state index in [-0.39, 0.29) is 4.90 Å². The van der Waals surface area contributed by atoms with Crippen molar-refractivity contribution in [2.45, 2.75) is 11.8 Å². The molecule has 1 heterocycles. The summed E-state index contributed by atoms with van der Waals surface area (Å²) in [4.78, 5) is 25.1. The molecule has 25 heavy (non-hydrogen) atoms. The molecule has 0 unspecified atom stereocenters. The number of nitrogens with one attached hydrogen (secondary N) is 1. The van der Waals surface area contributed by atoms with Gasteiger partial charge in [0, 0.05) is 24.7 Å². The molecule has 2 aromatic rings. The molecule has 0 atom stereocenters. The van der Waals surface area contributed by atoms with Crippen LogP contribution < -0.4 is 5.32 Å². The summed E-state index contributed by atoms with van der Waals surface area (Å²) in [5, 5.41) is 2.51. The van der Waals surface area contributed by atoms with Crippen LogP contribution in [-0.4, -0.2) is 45.3 Å². The predicted molar refractivity (Wildman–Crippen MR) is 95.3 cm³/mol. The Labute approximate surface area is 150 Å². The van der Waals surface area contributed by atoms with E-state index in [9.17, 15) is 18.0 Å². The van der Waals surface area contributed by atoms with Gasteiger partial charge in [-0.2, -0.15) is 0 Å². The number of hydrogen-bond donors (Lipinski definition) is 1. The standard InChI is InChI=1S/C16H18N2O5S2/c1-11-7-8-14(24-11)16(20)23-10-15(19)17-12-5-4-6-13(9-12)25(21,22)18(2)3/h4-9H,10H2,1-3H3,(H,17,19). The Kier molecular flexibility index (Phi) is 5.93. The summed E-state index contributed by atoms with van der Waals surface area (Å²) >= 11 is 1.28. The molecule has 0 saturated carbocycles. The molecule has 0 bridgehead atoms. The van der Waals surface area contributed by atoms with Crippen molar-refractivity contribution in [2.24, 2.45) is 0 Å². The second-order valence-electron chi connectivity index (χ2n) is 5.35. The number of rotatable bonds is 6. The van der Waals surface area contributed by atoms with Gasteiger partial charge in [-0.05, 0) is 37.3 Å². The van der Waals surface area contributed by atoms with Crippen molar-refractivity contribution in [3.63, 3.8) is 0 Å². The Morgan fingerprint density at radius 2 is 1.92 bits per heavy atom. The lowest BCUT2D eigenvalue weighted by molar-refractivity contribution is -0.119. The van der Waals surface area contributed by atoms with E-state index in [1.54, 1.807) is 18.2 Å². The molecule has 9 heteroatoms. The monoisotopic (exact) mass is 382 g/mol. The van der Waals surface area contributed by atoms with E-state index < -0.39 is 28.5 Å². The number of anilines is 1. The van der Waals surface area contributed by atoms with Crippen molar-refractivity contribution >= 4 is 38.9 Å². The summed E-state index contributed by atoms with van der Waals surface area (Å²) < 4.78 is 30.2. The second-order valence-corrected chi connectivity index (χ2v) is 8.79. The number of sulfonamides is 1. The Hall–Kier alpha value is -2.23. The summed E-state index contributed by atoms with van der Waals surface area (Å²) in [5.41, 5.74) is 0.302. The number of ether oxygens (including phenoxy) is 1. The van der Waals surface area contributed by atoms with Crippen molar-refractivity contribution in [1.29, 1.82) is 0 Å². The van der Waals surface area contributed by atoms with Crippen molar-refractivity contribution in [2.75, 3.05) is 26.0 Å². The van der Waals surface area contributed by atoms with Gasteiger partial charge in [-0.3, -0.25) is 4.79 Å². The quantitative estimate of drug-likeness (QED) is 0.773. The highest BCUT2D eigenvalue weighted by Gasteiger charge is 2.18. The maximum Gasteiger partial charge on any atom is 0.348 e. The lowest BCUT2D eigenvalue weighted by Gasteiger charge is -2.12. The van der Waals surface area contributed by atoms with Crippen LogP contribution in [0, 0.1) is 6.92 Å². The molecule has 134 valence electrons. The number of carbonyl (C=O) groups excluding carboxylic acids is 2. The van der Waals surface area contributed by atoms with Crippen LogP contribution in [0.4, 0.5) is 5.69 Å². The topological polar surface area (TPSA) is 92.8 Å². The van der Waals surface area contributed by atoms with Gasteiger partial charge < -0.3 is 10.1 Å². The van der Waals surface area contributed by atoms with Gasteiger partial charge in [0.15, 0.2) is 6.61 Å². The molecule has 0 spiro atoms. The van der Waals surface area contributed by atoms with Gasteiger partial charge in [0.05, 0.1) is 4.90 Å². The molecule has 0 saturated heterocycles. The number of aryl methyl sites for hydroxylation is 1. The van der Waals surface area contributed by atoms with Crippen molar-refractivity contribution in [3.05, 3.63) is 46.2 Å². The van der Waals surface area contributed by atoms with Crippen molar-refractivity contribution < 1.29 is 22.7 Å². The van der Waals surface area contributed by atoms with Crippen LogP contribution in [-0.2, 0) is 19.6 Å². The van der Waals surface area contributed by atoms with Crippen LogP contribution in [0.1, 0.15) is 14.5 Å². The van der Waals surface area contributed by atoms with Gasteiger partial charge in [-0.15, -0.1) is 11.3 Å². The van der Waals surface area contributed by atoms with E-state index in [2.05, 4.69) is 5.32 Å². The highest BCUT2D eigenvalue weighted by Crippen LogP contribution is 2.18. The molecule has 7 nitrogen and oxygen atoms in total. The fourth-order valence-corrected chi connectivity index (χ4v) is 3.60. The van der Waals surface area contributed by atoms with E-state index in [4.69, 9.17) is 4.74 Å². The van der Waals surface area contributed by atoms with Gasteiger partial charge in [0.2, 0.25) is 10.0 Å². The van der Waals surface area contributed by atoms with Crippen LogP contribution >= 0.6 is 11.3 Å². The van der Waals surface area contributed by atoms with Crippen LogP contribution in [0.2, 0.25) is 0 Å². The second kappa shape index (κ2) is 7.77. The zero-order chi connectivity index (χ0) is 18.6. The molecule has 0 aliphatic rings. The summed E-state index contributed by atoms with van der Waals surface area (Å²) in [6.07, 6.45) is 0. The molecule has 1 N–H and O–H groups in total. The number of hydrogen-bond acceptors (Lipinski definition) is 6. The smallest absolute Gasteiger partial charge is 0.348 e. The highest BCUT2D eigenvalue weighted by molar-refractivity contribution is 7.89. The average molecular weight is 382 g/mol. The van der Waals surface area contributed by atoms with Crippen LogP contribution in [0.3, 0.4) is 0 Å². The first-order valence-corrected chi connectivity index (χ1v) is 9.52. The van der Waals surface area contributed by atoms with E-state index in [0.29, 0.717) is 10.6 Å². The molecule has 2 rings (SSSR count). The first kappa shape index (κ1) is 19.1. The Balaban J connectivity index is 1.98. The van der Waals surface area contributed by atoms with Gasteiger partial charge >= 0.3 is 5.97 Å². The number of esters is 1. The largest absolute Gasteiger partial charge is 0.451 e. The Morgan fingerprint density at radius 1 is 1.20 bits per heavy atom. The molecule has 1 aromatic heterocycles. The van der Waals surface area contributed by atoms with Crippen LogP contribution in [0.5, 0.6) is 0 Å². The molecule has 0 fully saturated rings. The predicted octanol–water partition coefficient (Wildman–Crippen LogP) is 2.10. The first-order valence-electron chi connectivity index (χ1n) is 7.26. The third-order valence-electron chi connectivity index (χ3n) is 3.17. The summed E-state index contributed by atoms with van der Waals surface area (Å²) in [6, 6.07) is 9.28. The third kappa shape index (κ3) is 4.88. The van der Waals surface area contributed by atoms with Crippen molar-refractivity contribution in [3.8, 4) is 0 Å². The number of thiophene rings is 1. The lowest BCUT2D eigenvalue weighted by atomic mass is 10.3. The zero-order valence-corrected chi connectivity index (χ0v) is 15.6. The minimum atomic E-state index is -3.60. The molecule has 0 radical (unpaired) electrons. The fourth-order valence-electron chi connectivity index (χ4n) is 1.89. The Morgan fingerprint density at radius 3 is 2.52 bits per heavy atom. The van der Waals surface area contributed by atoms with Gasteiger partial charge in [-0.1, -0.05) is 6.07 Å². The first-order chi connectivity index (χ1) is 11.7. The van der Waals surface area contributed by atoms with Gasteiger partial charge in [0.1, 0.15) is 4.88 Å². The highest BCUT2D eigenvalue weighted by atomic mass is 32.2. The number of carbonyl (C=O) groups is 2. The number of benzene rings is 1. The Bertz CT molecular complexity index is 887. The zero-order valence-electron chi connectivity index (χ0n) is 14.0. The van der Waals surface area contributed by atoms with E-state index >= 15 is 0 Å². The molecular formula is C16H18N2O5S2. The SMILES string of the molecule is Cc1ccc(C(=O)OCC(=O)Nc2cccc(S(=O)(=O)N(C)C)c2)s1. The fraction of sp³-hybridized carbons (Fsp3) is 0.250. The minimum Gasteiger partial charge on any atom is -0.451 e. The van der Waals surface area contributed by atoms with E-state index in [1.807, 2.05) is 6.92 Å². The summed E-state index contributed by atoms with van der Waals surface area (Å²) in [5.74, 6) is -1.13. The molecule has 1 amide bonds. The van der Waals surface area contributed by atoms with Crippen LogP contribution in [0.25, 0.3) is 0 Å². The summed E-state index contributed by atoms with van der Waals surface area (Å²) in [7, 11) is -0.751. The van der Waals surface area contributed by atoms with E-state index in [0.717, 1.165) is 9.18 Å². The van der Waals surface area contributed by atoms with Gasteiger partial charge in [-0.25, -0.2) is 17.5 Å². The maximum absolute atomic E-state index is 12.1. The van der Waals surface area contributed by atoms with Gasteiger partial charge in [0.25, 0.3) is 5.91 Å². The third-order valence-corrected chi connectivity index (χ3v) is 5.96. The number of amides is 1. The van der Waals surface area contributed by atoms with Crippen LogP contribution in [0.15, 0.2) is 41.3 Å². The average Bonchev–Trinajstić information content (AvgIpc) is 2.99. The summed E-state index contributed by atoms with van der Waals surface area (Å²) in [6.45, 7) is 1.41. The molecule has 1 aromatic carbocycles.